The lowest BCUT2D eigenvalue weighted by Gasteiger charge is -2.01. The molecule has 17 heavy (non-hydrogen) atoms. The molecule has 86 valence electrons. The summed E-state index contributed by atoms with van der Waals surface area (Å²) < 4.78 is 2.83. The molecule has 0 bridgehead atoms. The molecule has 2 aromatic heterocycles. The lowest BCUT2D eigenvalue weighted by Crippen LogP contribution is -1.99. The van der Waals surface area contributed by atoms with Crippen LogP contribution in [0.5, 0.6) is 0 Å². The zero-order valence-electron chi connectivity index (χ0n) is 9.31. The van der Waals surface area contributed by atoms with Gasteiger partial charge in [-0.2, -0.15) is 0 Å². The van der Waals surface area contributed by atoms with Crippen LogP contribution in [-0.4, -0.2) is 14.5 Å². The Morgan fingerprint density at radius 1 is 1.18 bits per heavy atom. The first kappa shape index (κ1) is 10.4. The maximum Gasteiger partial charge on any atom is 0.177 e. The van der Waals surface area contributed by atoms with Gasteiger partial charge in [-0.1, -0.05) is 18.2 Å². The molecule has 0 aliphatic heterocycles. The van der Waals surface area contributed by atoms with Gasteiger partial charge in [-0.3, -0.25) is 0 Å². The van der Waals surface area contributed by atoms with Crippen LogP contribution in [0.2, 0.25) is 0 Å². The minimum atomic E-state index is 0.782. The molecular weight excluding hydrogens is 230 g/mol. The molecule has 0 atom stereocenters. The summed E-state index contributed by atoms with van der Waals surface area (Å²) in [6, 6.07) is 8.37. The third-order valence-corrected chi connectivity index (χ3v) is 3.37. The molecule has 3 rings (SSSR count). The zero-order chi connectivity index (χ0) is 11.7. The molecule has 0 saturated heterocycles. The smallest absolute Gasteiger partial charge is 0.177 e. The van der Waals surface area contributed by atoms with E-state index in [1.807, 2.05) is 18.5 Å². The summed E-state index contributed by atoms with van der Waals surface area (Å²) in [6.45, 7) is 0.907. The van der Waals surface area contributed by atoms with E-state index in [1.54, 1.807) is 0 Å². The fourth-order valence-corrected chi connectivity index (χ4v) is 2.32. The summed E-state index contributed by atoms with van der Waals surface area (Å²) in [4.78, 5) is 6.30. The highest BCUT2D eigenvalue weighted by molar-refractivity contribution is 7.71. The molecule has 0 fully saturated rings. The lowest BCUT2D eigenvalue weighted by molar-refractivity contribution is 0.689. The number of aromatic amines is 2. The van der Waals surface area contributed by atoms with Gasteiger partial charge in [0, 0.05) is 36.0 Å². The van der Waals surface area contributed by atoms with Crippen molar-refractivity contribution in [1.82, 2.24) is 14.5 Å². The Morgan fingerprint density at radius 3 is 2.88 bits per heavy atom. The monoisotopic (exact) mass is 243 g/mol. The molecule has 0 spiro atoms. The van der Waals surface area contributed by atoms with Crippen molar-refractivity contribution in [3.8, 4) is 0 Å². The van der Waals surface area contributed by atoms with Crippen molar-refractivity contribution < 1.29 is 0 Å². The van der Waals surface area contributed by atoms with E-state index in [9.17, 15) is 0 Å². The summed E-state index contributed by atoms with van der Waals surface area (Å²) in [6.07, 6.45) is 6.92. The maximum atomic E-state index is 5.18. The molecule has 3 aromatic rings. The highest BCUT2D eigenvalue weighted by atomic mass is 32.1. The number of rotatable bonds is 3. The van der Waals surface area contributed by atoms with Crippen LogP contribution in [0.25, 0.3) is 10.9 Å². The van der Waals surface area contributed by atoms with Crippen LogP contribution in [-0.2, 0) is 13.0 Å². The van der Waals surface area contributed by atoms with Gasteiger partial charge in [0.1, 0.15) is 0 Å². The maximum absolute atomic E-state index is 5.18. The number of nitrogens with zero attached hydrogens (tertiary/aromatic N) is 1. The van der Waals surface area contributed by atoms with E-state index in [0.717, 1.165) is 17.7 Å². The molecule has 0 saturated carbocycles. The number of imidazole rings is 1. The number of H-pyrrole nitrogens is 2. The predicted octanol–water partition coefficient (Wildman–Crippen LogP) is 3.27. The SMILES string of the molecule is S=c1[nH]ccn1CCc1c[nH]c2ccccc12. The Bertz CT molecular complexity index is 690. The highest BCUT2D eigenvalue weighted by Crippen LogP contribution is 2.18. The summed E-state index contributed by atoms with van der Waals surface area (Å²) in [5, 5.41) is 1.30. The van der Waals surface area contributed by atoms with Gasteiger partial charge in [0.25, 0.3) is 0 Å². The molecule has 2 heterocycles. The number of hydrogen-bond acceptors (Lipinski definition) is 1. The van der Waals surface area contributed by atoms with Crippen LogP contribution in [0.3, 0.4) is 0 Å². The Morgan fingerprint density at radius 2 is 2.06 bits per heavy atom. The van der Waals surface area contributed by atoms with Crippen LogP contribution in [0.15, 0.2) is 42.9 Å². The van der Waals surface area contributed by atoms with Crippen molar-refractivity contribution in [1.29, 1.82) is 0 Å². The Labute approximate surface area is 104 Å². The Kier molecular flexibility index (Phi) is 2.57. The van der Waals surface area contributed by atoms with E-state index in [2.05, 4.69) is 38.9 Å². The van der Waals surface area contributed by atoms with E-state index in [0.29, 0.717) is 0 Å². The van der Waals surface area contributed by atoms with Gasteiger partial charge in [-0.15, -0.1) is 0 Å². The molecule has 0 aliphatic carbocycles. The van der Waals surface area contributed by atoms with Crippen LogP contribution < -0.4 is 0 Å². The summed E-state index contributed by atoms with van der Waals surface area (Å²) in [5.41, 5.74) is 2.53. The first-order chi connectivity index (χ1) is 8.34. The van der Waals surface area contributed by atoms with Crippen molar-refractivity contribution in [3.63, 3.8) is 0 Å². The summed E-state index contributed by atoms with van der Waals surface area (Å²) in [5.74, 6) is 0. The van der Waals surface area contributed by atoms with Gasteiger partial charge in [-0.05, 0) is 30.3 Å². The molecular formula is C13H13N3S. The summed E-state index contributed by atoms with van der Waals surface area (Å²) in [7, 11) is 0. The van der Waals surface area contributed by atoms with Crippen molar-refractivity contribution in [2.45, 2.75) is 13.0 Å². The number of fused-ring (bicyclic) bond motifs is 1. The molecule has 1 aromatic carbocycles. The van der Waals surface area contributed by atoms with E-state index < -0.39 is 0 Å². The third kappa shape index (κ3) is 1.91. The van der Waals surface area contributed by atoms with E-state index in [4.69, 9.17) is 12.2 Å². The van der Waals surface area contributed by atoms with Crippen molar-refractivity contribution in [3.05, 3.63) is 53.2 Å². The van der Waals surface area contributed by atoms with Gasteiger partial charge in [0.2, 0.25) is 0 Å². The molecule has 0 unspecified atom stereocenters. The second kappa shape index (κ2) is 4.22. The minimum Gasteiger partial charge on any atom is -0.361 e. The summed E-state index contributed by atoms with van der Waals surface area (Å²) >= 11 is 5.18. The first-order valence-corrected chi connectivity index (χ1v) is 6.04. The average Bonchev–Trinajstić information content (AvgIpc) is 2.93. The standard InChI is InChI=1S/C13H13N3S/c17-13-14-6-8-16(13)7-5-10-9-15-12-4-2-1-3-11(10)12/h1-4,6,8-9,15H,5,7H2,(H,14,17). The largest absolute Gasteiger partial charge is 0.361 e. The predicted molar refractivity (Wildman–Crippen MR) is 71.6 cm³/mol. The number of para-hydroxylation sites is 1. The van der Waals surface area contributed by atoms with Crippen LogP contribution in [0.4, 0.5) is 0 Å². The van der Waals surface area contributed by atoms with Gasteiger partial charge >= 0.3 is 0 Å². The molecule has 2 N–H and O–H groups in total. The number of aryl methyl sites for hydroxylation is 2. The quantitative estimate of drug-likeness (QED) is 0.681. The first-order valence-electron chi connectivity index (χ1n) is 5.63. The van der Waals surface area contributed by atoms with E-state index >= 15 is 0 Å². The second-order valence-corrected chi connectivity index (χ2v) is 4.45. The molecule has 0 aliphatic rings. The van der Waals surface area contributed by atoms with Crippen molar-refractivity contribution >= 4 is 23.1 Å². The van der Waals surface area contributed by atoms with Gasteiger partial charge in [0.15, 0.2) is 4.77 Å². The highest BCUT2D eigenvalue weighted by Gasteiger charge is 2.02. The van der Waals surface area contributed by atoms with Crippen LogP contribution >= 0.6 is 12.2 Å². The normalized spacial score (nSPS) is 11.1. The molecule has 0 radical (unpaired) electrons. The molecule has 4 heteroatoms. The van der Waals surface area contributed by atoms with Gasteiger partial charge in [0.05, 0.1) is 0 Å². The fourth-order valence-electron chi connectivity index (χ4n) is 2.10. The van der Waals surface area contributed by atoms with E-state index in [-0.39, 0.29) is 0 Å². The Balaban J connectivity index is 1.86. The van der Waals surface area contributed by atoms with Crippen LogP contribution in [0.1, 0.15) is 5.56 Å². The zero-order valence-corrected chi connectivity index (χ0v) is 10.1. The topological polar surface area (TPSA) is 36.5 Å². The lowest BCUT2D eigenvalue weighted by atomic mass is 10.1. The minimum absolute atomic E-state index is 0.782. The van der Waals surface area contributed by atoms with Crippen molar-refractivity contribution in [2.75, 3.05) is 0 Å². The van der Waals surface area contributed by atoms with E-state index in [1.165, 1.54) is 16.5 Å². The van der Waals surface area contributed by atoms with Crippen LogP contribution in [0, 0.1) is 4.77 Å². The number of aromatic nitrogens is 3. The fraction of sp³-hybridized carbons (Fsp3) is 0.154. The molecule has 3 nitrogen and oxygen atoms in total. The number of nitrogens with one attached hydrogen (secondary N) is 2. The molecule has 0 amide bonds. The number of hydrogen-bond donors (Lipinski definition) is 2. The average molecular weight is 243 g/mol. The van der Waals surface area contributed by atoms with Crippen molar-refractivity contribution in [2.24, 2.45) is 0 Å². The van der Waals surface area contributed by atoms with Gasteiger partial charge in [-0.25, -0.2) is 0 Å². The van der Waals surface area contributed by atoms with Gasteiger partial charge < -0.3 is 14.5 Å². The third-order valence-electron chi connectivity index (χ3n) is 3.02. The second-order valence-electron chi connectivity index (χ2n) is 4.07. The number of benzene rings is 1. The Hall–Kier alpha value is -1.81.